The molecule has 0 saturated carbocycles. The van der Waals surface area contributed by atoms with Crippen LogP contribution in [-0.2, 0) is 15.6 Å². The van der Waals surface area contributed by atoms with E-state index in [1.807, 2.05) is 0 Å². The van der Waals surface area contributed by atoms with E-state index in [0.717, 1.165) is 0 Å². The molecule has 1 aromatic heterocycles. The maximum atomic E-state index is 12.3. The van der Waals surface area contributed by atoms with Crippen LogP contribution in [0.3, 0.4) is 0 Å². The molecular formula is C14H10Cl2N2O2S. The van der Waals surface area contributed by atoms with E-state index >= 15 is 0 Å². The van der Waals surface area contributed by atoms with Gasteiger partial charge in [0, 0.05) is 23.0 Å². The predicted molar refractivity (Wildman–Crippen MR) is 83.9 cm³/mol. The first kappa shape index (κ1) is 14.5. The number of carbonyl (C=O) groups excluding carboxylic acids is 1. The highest BCUT2D eigenvalue weighted by Gasteiger charge is 2.40. The molecule has 0 bridgehead atoms. The lowest BCUT2D eigenvalue weighted by atomic mass is 10.2. The Morgan fingerprint density at radius 2 is 2.10 bits per heavy atom. The number of halogens is 2. The first-order valence-corrected chi connectivity index (χ1v) is 8.26. The van der Waals surface area contributed by atoms with Crippen LogP contribution in [0.25, 0.3) is 0 Å². The molecule has 0 aliphatic carbocycles. The summed E-state index contributed by atoms with van der Waals surface area (Å²) in [6, 6.07) is 8.42. The van der Waals surface area contributed by atoms with Gasteiger partial charge in [-0.25, -0.2) is 0 Å². The molecular weight excluding hydrogens is 331 g/mol. The quantitative estimate of drug-likeness (QED) is 0.843. The summed E-state index contributed by atoms with van der Waals surface area (Å²) in [5.41, 5.74) is 1.22. The summed E-state index contributed by atoms with van der Waals surface area (Å²) in [6.45, 7) is 0. The summed E-state index contributed by atoms with van der Waals surface area (Å²) < 4.78 is 12.3. The van der Waals surface area contributed by atoms with Gasteiger partial charge in [-0.2, -0.15) is 0 Å². The third kappa shape index (κ3) is 2.69. The van der Waals surface area contributed by atoms with Crippen molar-refractivity contribution < 1.29 is 9.00 Å². The van der Waals surface area contributed by atoms with E-state index in [1.165, 1.54) is 4.90 Å². The molecule has 1 aliphatic rings. The zero-order valence-corrected chi connectivity index (χ0v) is 13.0. The van der Waals surface area contributed by atoms with Crippen molar-refractivity contribution in [3.05, 3.63) is 58.3 Å². The number of rotatable bonds is 2. The van der Waals surface area contributed by atoms with E-state index < -0.39 is 16.2 Å². The summed E-state index contributed by atoms with van der Waals surface area (Å²) in [6.07, 6.45) is 3.24. The molecule has 2 atom stereocenters. The maximum absolute atomic E-state index is 12.3. The first-order chi connectivity index (χ1) is 10.1. The number of amides is 1. The lowest BCUT2D eigenvalue weighted by molar-refractivity contribution is -0.115. The molecule has 2 heterocycles. The molecule has 108 valence electrons. The van der Waals surface area contributed by atoms with Crippen LogP contribution in [0.4, 0.5) is 5.69 Å². The number of pyridine rings is 1. The van der Waals surface area contributed by atoms with Crippen LogP contribution in [0.2, 0.25) is 10.0 Å². The summed E-state index contributed by atoms with van der Waals surface area (Å²) in [5, 5.41) is 0.253. The zero-order valence-electron chi connectivity index (χ0n) is 10.7. The average molecular weight is 341 g/mol. The first-order valence-electron chi connectivity index (χ1n) is 6.12. The van der Waals surface area contributed by atoms with E-state index in [-0.39, 0.29) is 11.7 Å². The molecule has 0 spiro atoms. The van der Waals surface area contributed by atoms with Crippen molar-refractivity contribution in [3.8, 4) is 0 Å². The lowest BCUT2D eigenvalue weighted by Gasteiger charge is -2.24. The van der Waals surface area contributed by atoms with Crippen LogP contribution in [0.1, 0.15) is 10.9 Å². The van der Waals surface area contributed by atoms with E-state index in [0.29, 0.717) is 21.3 Å². The highest BCUT2D eigenvalue weighted by atomic mass is 35.5. The van der Waals surface area contributed by atoms with Gasteiger partial charge in [0.2, 0.25) is 5.91 Å². The minimum absolute atomic E-state index is 0.0292. The molecule has 0 radical (unpaired) electrons. The molecule has 0 N–H and O–H groups in total. The molecule has 1 amide bonds. The van der Waals surface area contributed by atoms with Crippen LogP contribution >= 0.6 is 23.2 Å². The largest absolute Gasteiger partial charge is 0.291 e. The Bertz CT molecular complexity index is 724. The van der Waals surface area contributed by atoms with Gasteiger partial charge in [0.1, 0.15) is 11.1 Å². The average Bonchev–Trinajstić information content (AvgIpc) is 2.74. The van der Waals surface area contributed by atoms with Gasteiger partial charge in [-0.15, -0.1) is 0 Å². The van der Waals surface area contributed by atoms with Crippen molar-refractivity contribution in [3.63, 3.8) is 0 Å². The van der Waals surface area contributed by atoms with Crippen LogP contribution in [0.15, 0.2) is 42.7 Å². The fourth-order valence-electron chi connectivity index (χ4n) is 2.28. The topological polar surface area (TPSA) is 50.3 Å². The van der Waals surface area contributed by atoms with Crippen LogP contribution in [-0.4, -0.2) is 20.9 Å². The molecule has 3 rings (SSSR count). The van der Waals surface area contributed by atoms with Crippen LogP contribution in [0, 0.1) is 0 Å². The van der Waals surface area contributed by atoms with Crippen molar-refractivity contribution in [2.24, 2.45) is 0 Å². The highest BCUT2D eigenvalue weighted by molar-refractivity contribution is 7.86. The van der Waals surface area contributed by atoms with Crippen molar-refractivity contribution in [1.29, 1.82) is 0 Å². The summed E-state index contributed by atoms with van der Waals surface area (Å²) >= 11 is 12.1. The molecule has 1 fully saturated rings. The molecule has 2 unspecified atom stereocenters. The molecule has 2 aromatic rings. The van der Waals surface area contributed by atoms with Crippen molar-refractivity contribution in [2.75, 3.05) is 10.7 Å². The number of hydrogen-bond donors (Lipinski definition) is 0. The van der Waals surface area contributed by atoms with Crippen molar-refractivity contribution in [1.82, 2.24) is 4.98 Å². The number of benzene rings is 1. The third-order valence-electron chi connectivity index (χ3n) is 3.16. The second-order valence-corrected chi connectivity index (χ2v) is 6.86. The van der Waals surface area contributed by atoms with E-state index in [2.05, 4.69) is 4.98 Å². The van der Waals surface area contributed by atoms with Gasteiger partial charge in [0.15, 0.2) is 0 Å². The third-order valence-corrected chi connectivity index (χ3v) is 5.21. The monoisotopic (exact) mass is 340 g/mol. The minimum Gasteiger partial charge on any atom is -0.291 e. The Labute approximate surface area is 134 Å². The maximum Gasteiger partial charge on any atom is 0.241 e. The van der Waals surface area contributed by atoms with Crippen molar-refractivity contribution in [2.45, 2.75) is 5.37 Å². The fraction of sp³-hybridized carbons (Fsp3) is 0.143. The summed E-state index contributed by atoms with van der Waals surface area (Å²) in [4.78, 5) is 17.7. The van der Waals surface area contributed by atoms with Gasteiger partial charge in [-0.05, 0) is 24.3 Å². The normalized spacial score (nSPS) is 21.8. The number of anilines is 1. The second-order valence-electron chi connectivity index (χ2n) is 4.52. The molecule has 1 aromatic carbocycles. The van der Waals surface area contributed by atoms with Crippen LogP contribution in [0.5, 0.6) is 0 Å². The van der Waals surface area contributed by atoms with Gasteiger partial charge < -0.3 is 0 Å². The Balaban J connectivity index is 2.10. The highest BCUT2D eigenvalue weighted by Crippen LogP contribution is 2.39. The van der Waals surface area contributed by atoms with Gasteiger partial charge in [-0.1, -0.05) is 29.3 Å². The van der Waals surface area contributed by atoms with Crippen LogP contribution < -0.4 is 4.90 Å². The van der Waals surface area contributed by atoms with Gasteiger partial charge in [-0.3, -0.25) is 18.9 Å². The number of hydrogen-bond acceptors (Lipinski definition) is 3. The molecule has 21 heavy (non-hydrogen) atoms. The summed E-state index contributed by atoms with van der Waals surface area (Å²) in [7, 11) is -1.34. The number of carbonyl (C=O) groups is 1. The Morgan fingerprint density at radius 3 is 2.76 bits per heavy atom. The summed E-state index contributed by atoms with van der Waals surface area (Å²) in [5.74, 6) is -0.259. The Morgan fingerprint density at radius 1 is 1.29 bits per heavy atom. The smallest absolute Gasteiger partial charge is 0.241 e. The van der Waals surface area contributed by atoms with Gasteiger partial charge >= 0.3 is 0 Å². The molecule has 4 nitrogen and oxygen atoms in total. The Hall–Kier alpha value is -1.43. The standard InChI is InChI=1S/C14H10Cl2N2O2S/c15-10-3-4-12(11(16)6-10)18-13(19)8-21(20)14(18)9-2-1-5-17-7-9/h1-7,14H,8H2. The van der Waals surface area contributed by atoms with Gasteiger partial charge in [0.05, 0.1) is 21.5 Å². The zero-order chi connectivity index (χ0) is 15.0. The van der Waals surface area contributed by atoms with E-state index in [1.54, 1.807) is 42.7 Å². The minimum atomic E-state index is -1.34. The SMILES string of the molecule is O=C1CS(=O)C(c2cccnc2)N1c1ccc(Cl)cc1Cl. The molecule has 7 heteroatoms. The Kier molecular flexibility index (Phi) is 3.97. The fourth-order valence-corrected chi connectivity index (χ4v) is 4.23. The van der Waals surface area contributed by atoms with Gasteiger partial charge in [0.25, 0.3) is 0 Å². The lowest BCUT2D eigenvalue weighted by Crippen LogP contribution is -2.28. The van der Waals surface area contributed by atoms with Crippen molar-refractivity contribution >= 4 is 45.6 Å². The molecule has 1 aliphatic heterocycles. The van der Waals surface area contributed by atoms with E-state index in [9.17, 15) is 9.00 Å². The number of aromatic nitrogens is 1. The molecule has 1 saturated heterocycles. The second kappa shape index (κ2) is 5.75. The predicted octanol–water partition coefficient (Wildman–Crippen LogP) is 3.18. The van der Waals surface area contributed by atoms with E-state index in [4.69, 9.17) is 23.2 Å². The number of nitrogens with zero attached hydrogens (tertiary/aromatic N) is 2.